The molecule has 0 aromatic heterocycles. The van der Waals surface area contributed by atoms with Gasteiger partial charge >= 0.3 is 12.0 Å². The van der Waals surface area contributed by atoms with Gasteiger partial charge in [-0.2, -0.15) is 5.06 Å². The number of methoxy groups -OCH3 is 1. The van der Waals surface area contributed by atoms with Crippen LogP contribution in [0.15, 0.2) is 41.6 Å². The lowest BCUT2D eigenvalue weighted by Crippen LogP contribution is -2.45. The summed E-state index contributed by atoms with van der Waals surface area (Å²) in [6.07, 6.45) is 1.35. The minimum absolute atomic E-state index is 0.00826. The second-order valence-corrected chi connectivity index (χ2v) is 9.37. The van der Waals surface area contributed by atoms with Gasteiger partial charge in [0.15, 0.2) is 5.84 Å². The van der Waals surface area contributed by atoms with Crippen molar-refractivity contribution >= 4 is 35.1 Å². The van der Waals surface area contributed by atoms with E-state index in [1.165, 1.54) is 18.2 Å². The number of amides is 2. The highest BCUT2D eigenvalue weighted by Crippen LogP contribution is 2.27. The molecule has 1 heterocycles. The predicted molar refractivity (Wildman–Crippen MR) is 144 cm³/mol. The van der Waals surface area contributed by atoms with Crippen LogP contribution in [0, 0.1) is 0 Å². The van der Waals surface area contributed by atoms with E-state index >= 15 is 0 Å². The van der Waals surface area contributed by atoms with Crippen molar-refractivity contribution in [3.8, 4) is 5.75 Å². The summed E-state index contributed by atoms with van der Waals surface area (Å²) in [7, 11) is 4.87. The number of halogens is 1. The minimum atomic E-state index is -1.11. The summed E-state index contributed by atoms with van der Waals surface area (Å²) in [6, 6.07) is 9.12. The van der Waals surface area contributed by atoms with Gasteiger partial charge in [0.25, 0.3) is 0 Å². The smallest absolute Gasteiger partial charge is 0.342 e. The molecule has 1 aliphatic heterocycles. The van der Waals surface area contributed by atoms with Gasteiger partial charge in [0.05, 0.1) is 18.7 Å². The van der Waals surface area contributed by atoms with Crippen LogP contribution in [0.3, 0.4) is 0 Å². The number of hydroxylamine groups is 2. The lowest BCUT2D eigenvalue weighted by Gasteiger charge is -2.27. The third-order valence-electron chi connectivity index (χ3n) is 6.18. The molecule has 0 aliphatic carbocycles. The summed E-state index contributed by atoms with van der Waals surface area (Å²) in [4.78, 5) is 37.9. The largest absolute Gasteiger partial charge is 0.496 e. The first-order valence-corrected chi connectivity index (χ1v) is 12.6. The van der Waals surface area contributed by atoms with E-state index in [9.17, 15) is 14.7 Å². The van der Waals surface area contributed by atoms with Crippen molar-refractivity contribution in [3.05, 3.63) is 58.1 Å². The molecule has 0 radical (unpaired) electrons. The molecule has 1 aliphatic rings. The maximum Gasteiger partial charge on any atom is 0.342 e. The van der Waals surface area contributed by atoms with Crippen LogP contribution in [-0.4, -0.2) is 73.4 Å². The number of nitrogen functional groups attached to an aromatic ring is 1. The number of benzene rings is 2. The molecule has 3 rings (SSSR count). The van der Waals surface area contributed by atoms with E-state index in [2.05, 4.69) is 10.5 Å². The zero-order chi connectivity index (χ0) is 27.8. The number of rotatable bonds is 9. The molecule has 12 heteroatoms. The monoisotopic (exact) mass is 547 g/mol. The summed E-state index contributed by atoms with van der Waals surface area (Å²) in [5.74, 6) is 0.0574. The van der Waals surface area contributed by atoms with Crippen LogP contribution in [-0.2, 0) is 16.1 Å². The first-order chi connectivity index (χ1) is 18.2. The fourth-order valence-corrected chi connectivity index (χ4v) is 4.51. The highest BCUT2D eigenvalue weighted by molar-refractivity contribution is 6.30. The van der Waals surface area contributed by atoms with Crippen molar-refractivity contribution in [1.82, 2.24) is 15.3 Å². The number of carboxylic acid groups (broad SMARTS) is 1. The van der Waals surface area contributed by atoms with E-state index in [0.29, 0.717) is 41.6 Å². The maximum atomic E-state index is 13.5. The predicted octanol–water partition coefficient (Wildman–Crippen LogP) is 3.93. The van der Waals surface area contributed by atoms with Gasteiger partial charge in [-0.05, 0) is 47.9 Å². The molecule has 2 atom stereocenters. The molecule has 1 fully saturated rings. The number of nitrogens with two attached hydrogens (primary N) is 1. The number of nitrogens with one attached hydrogen (secondary N) is 1. The molecule has 4 N–H and O–H groups in total. The van der Waals surface area contributed by atoms with Gasteiger partial charge in [-0.25, -0.2) is 9.59 Å². The highest BCUT2D eigenvalue weighted by atomic mass is 35.5. The van der Waals surface area contributed by atoms with E-state index < -0.39 is 24.1 Å². The van der Waals surface area contributed by atoms with Gasteiger partial charge in [-0.3, -0.25) is 4.84 Å². The number of aromatic carboxylic acids is 1. The van der Waals surface area contributed by atoms with Crippen molar-refractivity contribution in [2.24, 2.45) is 5.16 Å². The number of carbonyl (C=O) groups is 2. The zero-order valence-corrected chi connectivity index (χ0v) is 22.7. The van der Waals surface area contributed by atoms with Gasteiger partial charge in [0.1, 0.15) is 25.5 Å². The fraction of sp³-hybridized carbons (Fsp3) is 0.423. The molecular weight excluding hydrogens is 514 g/mol. The standard InChI is InChI=1S/C26H34ClN5O6/c1-5-6-22(16-7-9-20(25(33)34)21(28)13-16)29-26(35)32-15-24(30-37-4)31(2)14-19(38-32)12-17-11-18(27)8-10-23(17)36-3/h7-11,13,19,22H,5-6,12,14-15,28H2,1-4H3,(H,29,35)(H,33,34)/t19-,22+/m0/s1. The molecule has 0 spiro atoms. The van der Waals surface area contributed by atoms with Gasteiger partial charge in [-0.1, -0.05) is 36.2 Å². The Morgan fingerprint density at radius 1 is 1.29 bits per heavy atom. The Morgan fingerprint density at radius 3 is 2.68 bits per heavy atom. The topological polar surface area (TPSA) is 139 Å². The van der Waals surface area contributed by atoms with Crippen molar-refractivity contribution < 1.29 is 29.1 Å². The van der Waals surface area contributed by atoms with Crippen molar-refractivity contribution in [3.63, 3.8) is 0 Å². The fourth-order valence-electron chi connectivity index (χ4n) is 4.31. The van der Waals surface area contributed by atoms with Crippen LogP contribution in [0.2, 0.25) is 5.02 Å². The second kappa shape index (κ2) is 13.2. The van der Waals surface area contributed by atoms with Crippen molar-refractivity contribution in [2.75, 3.05) is 40.1 Å². The third-order valence-corrected chi connectivity index (χ3v) is 6.41. The van der Waals surface area contributed by atoms with E-state index in [0.717, 1.165) is 12.0 Å². The van der Waals surface area contributed by atoms with Crippen LogP contribution < -0.4 is 15.8 Å². The first kappa shape index (κ1) is 28.9. The van der Waals surface area contributed by atoms with Gasteiger partial charge in [-0.15, -0.1) is 0 Å². The first-order valence-electron chi connectivity index (χ1n) is 12.2. The number of anilines is 1. The Kier molecular flexibility index (Phi) is 10.0. The molecule has 2 aromatic carbocycles. The number of urea groups is 1. The molecule has 0 unspecified atom stereocenters. The van der Waals surface area contributed by atoms with Gasteiger partial charge in [0, 0.05) is 30.7 Å². The van der Waals surface area contributed by atoms with Crippen LogP contribution in [0.1, 0.15) is 47.3 Å². The van der Waals surface area contributed by atoms with Crippen molar-refractivity contribution in [1.29, 1.82) is 0 Å². The summed E-state index contributed by atoms with van der Waals surface area (Å²) >= 11 is 6.22. The summed E-state index contributed by atoms with van der Waals surface area (Å²) in [6.45, 7) is 2.45. The van der Waals surface area contributed by atoms with E-state index in [1.807, 2.05) is 24.9 Å². The quantitative estimate of drug-likeness (QED) is 0.317. The molecule has 0 saturated carbocycles. The Labute approximate surface area is 227 Å². The summed E-state index contributed by atoms with van der Waals surface area (Å²) < 4.78 is 5.48. The number of oxime groups is 1. The molecule has 1 saturated heterocycles. The molecular formula is C26H34ClN5O6. The molecule has 2 aromatic rings. The van der Waals surface area contributed by atoms with Crippen LogP contribution in [0.4, 0.5) is 10.5 Å². The lowest BCUT2D eigenvalue weighted by atomic mass is 9.99. The summed E-state index contributed by atoms with van der Waals surface area (Å²) in [5.41, 5.74) is 7.63. The van der Waals surface area contributed by atoms with Crippen LogP contribution in [0.5, 0.6) is 5.75 Å². The SMILES string of the molecule is CCC[C@@H](NC(=O)N1CC(=NOC)N(C)C[C@H](Cc2cc(Cl)ccc2OC)O1)c1ccc(C(=O)O)c(N)c1. The number of hydrogen-bond acceptors (Lipinski definition) is 7. The highest BCUT2D eigenvalue weighted by Gasteiger charge is 2.31. The number of carboxylic acids is 1. The number of hydrogen-bond donors (Lipinski definition) is 3. The Balaban J connectivity index is 1.86. The maximum absolute atomic E-state index is 13.5. The number of amidine groups is 1. The minimum Gasteiger partial charge on any atom is -0.496 e. The Bertz CT molecular complexity index is 1180. The Hall–Kier alpha value is -3.70. The molecule has 206 valence electrons. The van der Waals surface area contributed by atoms with E-state index in [4.69, 9.17) is 31.7 Å². The molecule has 0 bridgehead atoms. The lowest BCUT2D eigenvalue weighted by molar-refractivity contribution is -0.146. The zero-order valence-electron chi connectivity index (χ0n) is 21.9. The number of ether oxygens (including phenoxy) is 1. The Morgan fingerprint density at radius 2 is 2.05 bits per heavy atom. The number of carbonyl (C=O) groups excluding carboxylic acids is 1. The van der Waals surface area contributed by atoms with Gasteiger partial charge < -0.3 is 30.6 Å². The average Bonchev–Trinajstić information content (AvgIpc) is 3.02. The number of nitrogens with zero attached hydrogens (tertiary/aromatic N) is 3. The average molecular weight is 548 g/mol. The van der Waals surface area contributed by atoms with Crippen LogP contribution in [0.25, 0.3) is 0 Å². The molecule has 2 amide bonds. The van der Waals surface area contributed by atoms with Crippen LogP contribution >= 0.6 is 11.6 Å². The second-order valence-electron chi connectivity index (χ2n) is 8.94. The van der Waals surface area contributed by atoms with Gasteiger partial charge in [0.2, 0.25) is 0 Å². The number of likely N-dealkylation sites (N-methyl/N-ethyl adjacent to an activating group) is 1. The van der Waals surface area contributed by atoms with Crippen molar-refractivity contribution in [2.45, 2.75) is 38.3 Å². The van der Waals surface area contributed by atoms with E-state index in [1.54, 1.807) is 31.4 Å². The molecule has 38 heavy (non-hydrogen) atoms. The normalized spacial score (nSPS) is 17.6. The van der Waals surface area contributed by atoms with E-state index in [-0.39, 0.29) is 17.8 Å². The molecule has 11 nitrogen and oxygen atoms in total. The third kappa shape index (κ3) is 7.20. The summed E-state index contributed by atoms with van der Waals surface area (Å²) in [5, 5.41) is 18.2.